The summed E-state index contributed by atoms with van der Waals surface area (Å²) in [6.07, 6.45) is 0.153. The van der Waals surface area contributed by atoms with Crippen LogP contribution in [0, 0.1) is 5.92 Å². The van der Waals surface area contributed by atoms with E-state index >= 15 is 0 Å². The fourth-order valence-electron chi connectivity index (χ4n) is 1.40. The number of nitrogens with one attached hydrogen (secondary N) is 1. The lowest BCUT2D eigenvalue weighted by Crippen LogP contribution is -2.35. The highest BCUT2D eigenvalue weighted by molar-refractivity contribution is 6.32. The standard InChI is InChI=1S/C13H20ClNO/c1-4-15-9-13(10(2)3)16-12-8-6-5-7-11(12)14/h5-8,10,13,15H,4,9H2,1-3H3. The van der Waals surface area contributed by atoms with Crippen molar-refractivity contribution in [2.45, 2.75) is 26.9 Å². The lowest BCUT2D eigenvalue weighted by Gasteiger charge is -2.23. The van der Waals surface area contributed by atoms with Crippen LogP contribution in [0.1, 0.15) is 20.8 Å². The molecule has 0 aromatic heterocycles. The molecule has 0 saturated carbocycles. The van der Waals surface area contributed by atoms with E-state index in [1.165, 1.54) is 0 Å². The normalized spacial score (nSPS) is 12.8. The highest BCUT2D eigenvalue weighted by Gasteiger charge is 2.15. The summed E-state index contributed by atoms with van der Waals surface area (Å²) in [5, 5.41) is 3.97. The van der Waals surface area contributed by atoms with E-state index in [4.69, 9.17) is 16.3 Å². The Hall–Kier alpha value is -0.730. The van der Waals surface area contributed by atoms with Crippen LogP contribution in [0.4, 0.5) is 0 Å². The van der Waals surface area contributed by atoms with E-state index in [0.717, 1.165) is 18.8 Å². The molecule has 16 heavy (non-hydrogen) atoms. The lowest BCUT2D eigenvalue weighted by molar-refractivity contribution is 0.150. The second kappa shape index (κ2) is 6.77. The SMILES string of the molecule is CCNCC(Oc1ccccc1Cl)C(C)C. The van der Waals surface area contributed by atoms with Gasteiger partial charge in [0.15, 0.2) is 0 Å². The topological polar surface area (TPSA) is 21.3 Å². The van der Waals surface area contributed by atoms with Gasteiger partial charge in [-0.1, -0.05) is 44.5 Å². The highest BCUT2D eigenvalue weighted by atomic mass is 35.5. The van der Waals surface area contributed by atoms with Gasteiger partial charge >= 0.3 is 0 Å². The Morgan fingerprint density at radius 1 is 1.31 bits per heavy atom. The van der Waals surface area contributed by atoms with Crippen LogP contribution in [0.25, 0.3) is 0 Å². The second-order valence-electron chi connectivity index (χ2n) is 4.14. The average Bonchev–Trinajstić information content (AvgIpc) is 2.26. The molecule has 1 aromatic rings. The molecule has 0 aliphatic carbocycles. The van der Waals surface area contributed by atoms with Crippen LogP contribution in [-0.4, -0.2) is 19.2 Å². The highest BCUT2D eigenvalue weighted by Crippen LogP contribution is 2.25. The molecular weight excluding hydrogens is 222 g/mol. The number of halogens is 1. The van der Waals surface area contributed by atoms with Gasteiger partial charge in [0.2, 0.25) is 0 Å². The number of benzene rings is 1. The predicted octanol–water partition coefficient (Wildman–Crippen LogP) is 3.35. The lowest BCUT2D eigenvalue weighted by atomic mass is 10.1. The number of likely N-dealkylation sites (N-methyl/N-ethyl adjacent to an activating group) is 1. The monoisotopic (exact) mass is 241 g/mol. The van der Waals surface area contributed by atoms with Crippen LogP contribution < -0.4 is 10.1 Å². The molecule has 0 bridgehead atoms. The number of hydrogen-bond acceptors (Lipinski definition) is 2. The van der Waals surface area contributed by atoms with Crippen LogP contribution >= 0.6 is 11.6 Å². The van der Waals surface area contributed by atoms with Gasteiger partial charge in [0.25, 0.3) is 0 Å². The molecule has 0 aliphatic rings. The van der Waals surface area contributed by atoms with Crippen molar-refractivity contribution in [3.63, 3.8) is 0 Å². The molecule has 0 spiro atoms. The first-order chi connectivity index (χ1) is 7.65. The van der Waals surface area contributed by atoms with E-state index in [-0.39, 0.29) is 6.10 Å². The second-order valence-corrected chi connectivity index (χ2v) is 4.55. The van der Waals surface area contributed by atoms with Gasteiger partial charge in [-0.05, 0) is 24.6 Å². The smallest absolute Gasteiger partial charge is 0.138 e. The van der Waals surface area contributed by atoms with Crippen LogP contribution in [0.15, 0.2) is 24.3 Å². The van der Waals surface area contributed by atoms with Crippen molar-refractivity contribution in [2.24, 2.45) is 5.92 Å². The van der Waals surface area contributed by atoms with Crippen molar-refractivity contribution in [3.05, 3.63) is 29.3 Å². The first-order valence-electron chi connectivity index (χ1n) is 5.77. The first kappa shape index (κ1) is 13.3. The Morgan fingerprint density at radius 2 is 2.00 bits per heavy atom. The molecular formula is C13H20ClNO. The molecule has 1 atom stereocenters. The van der Waals surface area contributed by atoms with E-state index in [1.807, 2.05) is 24.3 Å². The molecule has 1 N–H and O–H groups in total. The van der Waals surface area contributed by atoms with Crippen LogP contribution in [-0.2, 0) is 0 Å². The molecule has 1 rings (SSSR count). The summed E-state index contributed by atoms with van der Waals surface area (Å²) < 4.78 is 5.91. The third kappa shape index (κ3) is 4.03. The summed E-state index contributed by atoms with van der Waals surface area (Å²) in [4.78, 5) is 0. The van der Waals surface area contributed by atoms with Gasteiger partial charge in [0.05, 0.1) is 5.02 Å². The molecule has 0 fully saturated rings. The van der Waals surface area contributed by atoms with Gasteiger partial charge in [-0.2, -0.15) is 0 Å². The zero-order chi connectivity index (χ0) is 12.0. The average molecular weight is 242 g/mol. The number of ether oxygens (including phenoxy) is 1. The first-order valence-corrected chi connectivity index (χ1v) is 6.14. The van der Waals surface area contributed by atoms with Crippen LogP contribution in [0.5, 0.6) is 5.75 Å². The zero-order valence-electron chi connectivity index (χ0n) is 10.2. The van der Waals surface area contributed by atoms with Gasteiger partial charge < -0.3 is 10.1 Å². The van der Waals surface area contributed by atoms with E-state index in [9.17, 15) is 0 Å². The Kier molecular flexibility index (Phi) is 5.64. The molecule has 0 aliphatic heterocycles. The van der Waals surface area contributed by atoms with Crippen LogP contribution in [0.2, 0.25) is 5.02 Å². The fourth-order valence-corrected chi connectivity index (χ4v) is 1.58. The molecule has 0 amide bonds. The minimum absolute atomic E-state index is 0.153. The largest absolute Gasteiger partial charge is 0.487 e. The maximum Gasteiger partial charge on any atom is 0.138 e. The predicted molar refractivity (Wildman–Crippen MR) is 69.2 cm³/mol. The molecule has 1 aromatic carbocycles. The summed E-state index contributed by atoms with van der Waals surface area (Å²) in [5.41, 5.74) is 0. The van der Waals surface area contributed by atoms with E-state index in [2.05, 4.69) is 26.1 Å². The van der Waals surface area contributed by atoms with Gasteiger partial charge in [0.1, 0.15) is 11.9 Å². The van der Waals surface area contributed by atoms with Gasteiger partial charge in [-0.3, -0.25) is 0 Å². The molecule has 0 radical (unpaired) electrons. The molecule has 2 nitrogen and oxygen atoms in total. The van der Waals surface area contributed by atoms with Crippen molar-refractivity contribution in [1.82, 2.24) is 5.32 Å². The maximum atomic E-state index is 6.06. The quantitative estimate of drug-likeness (QED) is 0.825. The molecule has 0 saturated heterocycles. The Morgan fingerprint density at radius 3 is 2.56 bits per heavy atom. The molecule has 0 heterocycles. The van der Waals surface area contributed by atoms with E-state index in [1.54, 1.807) is 0 Å². The number of para-hydroxylation sites is 1. The third-order valence-corrected chi connectivity index (χ3v) is 2.77. The van der Waals surface area contributed by atoms with Crippen molar-refractivity contribution in [2.75, 3.05) is 13.1 Å². The van der Waals surface area contributed by atoms with Crippen molar-refractivity contribution in [1.29, 1.82) is 0 Å². The zero-order valence-corrected chi connectivity index (χ0v) is 10.9. The van der Waals surface area contributed by atoms with Crippen molar-refractivity contribution >= 4 is 11.6 Å². The van der Waals surface area contributed by atoms with Gasteiger partial charge in [-0.15, -0.1) is 0 Å². The van der Waals surface area contributed by atoms with Gasteiger partial charge in [-0.25, -0.2) is 0 Å². The van der Waals surface area contributed by atoms with Crippen LogP contribution in [0.3, 0.4) is 0 Å². The maximum absolute atomic E-state index is 6.06. The summed E-state index contributed by atoms with van der Waals surface area (Å²) in [5.74, 6) is 1.22. The Balaban J connectivity index is 2.64. The summed E-state index contributed by atoms with van der Waals surface area (Å²) in [6, 6.07) is 7.60. The molecule has 1 unspecified atom stereocenters. The van der Waals surface area contributed by atoms with Gasteiger partial charge in [0, 0.05) is 6.54 Å². The van der Waals surface area contributed by atoms with E-state index < -0.39 is 0 Å². The third-order valence-electron chi connectivity index (χ3n) is 2.45. The molecule has 3 heteroatoms. The minimum Gasteiger partial charge on any atom is -0.487 e. The van der Waals surface area contributed by atoms with Crippen molar-refractivity contribution in [3.8, 4) is 5.75 Å². The molecule has 90 valence electrons. The summed E-state index contributed by atoms with van der Waals surface area (Å²) in [7, 11) is 0. The Bertz CT molecular complexity index is 315. The van der Waals surface area contributed by atoms with E-state index in [0.29, 0.717) is 10.9 Å². The Labute approximate surface area is 103 Å². The fraction of sp³-hybridized carbons (Fsp3) is 0.538. The minimum atomic E-state index is 0.153. The van der Waals surface area contributed by atoms with Crippen molar-refractivity contribution < 1.29 is 4.74 Å². The summed E-state index contributed by atoms with van der Waals surface area (Å²) in [6.45, 7) is 8.19. The summed E-state index contributed by atoms with van der Waals surface area (Å²) >= 11 is 6.06. The number of rotatable bonds is 6. The number of hydrogen-bond donors (Lipinski definition) is 1.